The number of ether oxygens (including phenoxy) is 2. The fourth-order valence-electron chi connectivity index (χ4n) is 1.58. The minimum Gasteiger partial charge on any atom is -0.497 e. The highest BCUT2D eigenvalue weighted by Gasteiger charge is 1.91. The molecule has 2 rings (SSSR count). The van der Waals surface area contributed by atoms with E-state index in [1.165, 1.54) is 0 Å². The van der Waals surface area contributed by atoms with Crippen LogP contribution in [0.4, 0.5) is 0 Å². The van der Waals surface area contributed by atoms with Crippen LogP contribution in [0.3, 0.4) is 0 Å². The lowest BCUT2D eigenvalue weighted by Crippen LogP contribution is -1.85. The van der Waals surface area contributed by atoms with Crippen molar-refractivity contribution < 1.29 is 9.47 Å². The third-order valence-corrected chi connectivity index (χ3v) is 2.71. The highest BCUT2D eigenvalue weighted by Crippen LogP contribution is 2.10. The lowest BCUT2D eigenvalue weighted by atomic mass is 10.2. The van der Waals surface area contributed by atoms with Gasteiger partial charge in [-0.3, -0.25) is 0 Å². The topological polar surface area (TPSA) is 43.2 Å². The molecule has 0 aliphatic rings. The summed E-state index contributed by atoms with van der Waals surface area (Å²) in [6.45, 7) is 0. The first-order chi connectivity index (χ1) is 9.81. The third-order valence-electron chi connectivity index (χ3n) is 2.71. The van der Waals surface area contributed by atoms with Crippen molar-refractivity contribution in [2.45, 2.75) is 0 Å². The molecule has 0 fully saturated rings. The Morgan fingerprint density at radius 3 is 1.30 bits per heavy atom. The maximum absolute atomic E-state index is 5.09. The van der Waals surface area contributed by atoms with Gasteiger partial charge in [-0.15, -0.1) is 0 Å². The van der Waals surface area contributed by atoms with Gasteiger partial charge in [-0.25, -0.2) is 0 Å². The lowest BCUT2D eigenvalue weighted by molar-refractivity contribution is 0.414. The summed E-state index contributed by atoms with van der Waals surface area (Å²) in [7, 11) is 3.28. The fraction of sp³-hybridized carbons (Fsp3) is 0.125. The molecule has 0 atom stereocenters. The second-order valence-electron chi connectivity index (χ2n) is 4.04. The van der Waals surface area contributed by atoms with Gasteiger partial charge in [0.15, 0.2) is 0 Å². The molecule has 0 bridgehead atoms. The minimum atomic E-state index is 0.823. The Kier molecular flexibility index (Phi) is 4.89. The molecule has 0 heterocycles. The number of benzene rings is 2. The second kappa shape index (κ2) is 7.09. The monoisotopic (exact) mass is 268 g/mol. The molecular weight excluding hydrogens is 252 g/mol. The van der Waals surface area contributed by atoms with Gasteiger partial charge in [0, 0.05) is 0 Å². The molecular formula is C16H16N2O2. The molecule has 0 radical (unpaired) electrons. The van der Waals surface area contributed by atoms with Crippen LogP contribution in [0, 0.1) is 0 Å². The van der Waals surface area contributed by atoms with Crippen LogP contribution in [0.1, 0.15) is 11.1 Å². The molecule has 4 nitrogen and oxygen atoms in total. The Bertz CT molecular complexity index is 531. The van der Waals surface area contributed by atoms with E-state index >= 15 is 0 Å². The summed E-state index contributed by atoms with van der Waals surface area (Å²) in [5.74, 6) is 1.65. The largest absolute Gasteiger partial charge is 0.497 e. The van der Waals surface area contributed by atoms with E-state index in [0.29, 0.717) is 0 Å². The zero-order valence-electron chi connectivity index (χ0n) is 11.5. The van der Waals surface area contributed by atoms with Crippen LogP contribution in [0.5, 0.6) is 11.5 Å². The molecule has 4 heteroatoms. The molecule has 0 saturated carbocycles. The van der Waals surface area contributed by atoms with E-state index in [1.807, 2.05) is 48.5 Å². The molecule has 0 aliphatic carbocycles. The molecule has 0 unspecified atom stereocenters. The summed E-state index contributed by atoms with van der Waals surface area (Å²) >= 11 is 0. The Hall–Kier alpha value is -2.62. The van der Waals surface area contributed by atoms with Crippen molar-refractivity contribution in [3.8, 4) is 11.5 Å². The predicted octanol–water partition coefficient (Wildman–Crippen LogP) is 3.16. The fourth-order valence-corrected chi connectivity index (χ4v) is 1.58. The van der Waals surface area contributed by atoms with E-state index in [1.54, 1.807) is 26.6 Å². The number of rotatable bonds is 5. The summed E-state index contributed by atoms with van der Waals surface area (Å²) < 4.78 is 10.2. The van der Waals surface area contributed by atoms with Gasteiger partial charge in [-0.05, 0) is 59.7 Å². The average molecular weight is 268 g/mol. The lowest BCUT2D eigenvalue weighted by Gasteiger charge is -1.98. The van der Waals surface area contributed by atoms with Crippen LogP contribution in [0.2, 0.25) is 0 Å². The van der Waals surface area contributed by atoms with Gasteiger partial charge in [0.05, 0.1) is 26.6 Å². The van der Waals surface area contributed by atoms with E-state index in [4.69, 9.17) is 9.47 Å². The summed E-state index contributed by atoms with van der Waals surface area (Å²) in [5.41, 5.74) is 1.94. The quantitative estimate of drug-likeness (QED) is 0.617. The average Bonchev–Trinajstić information content (AvgIpc) is 2.53. The number of nitrogens with zero attached hydrogens (tertiary/aromatic N) is 2. The zero-order chi connectivity index (χ0) is 14.2. The molecule has 20 heavy (non-hydrogen) atoms. The van der Waals surface area contributed by atoms with Crippen molar-refractivity contribution in [3.05, 3.63) is 59.7 Å². The van der Waals surface area contributed by atoms with E-state index in [2.05, 4.69) is 10.2 Å². The van der Waals surface area contributed by atoms with Gasteiger partial charge in [-0.1, -0.05) is 0 Å². The first-order valence-electron chi connectivity index (χ1n) is 6.16. The highest BCUT2D eigenvalue weighted by molar-refractivity contribution is 5.82. The smallest absolute Gasteiger partial charge is 0.118 e. The van der Waals surface area contributed by atoms with Crippen molar-refractivity contribution in [1.82, 2.24) is 0 Å². The van der Waals surface area contributed by atoms with Crippen molar-refractivity contribution in [3.63, 3.8) is 0 Å². The van der Waals surface area contributed by atoms with E-state index in [9.17, 15) is 0 Å². The van der Waals surface area contributed by atoms with Gasteiger partial charge in [0.25, 0.3) is 0 Å². The SMILES string of the molecule is COc1ccc(/C=N\N=C/c2ccc(OC)cc2)cc1. The summed E-state index contributed by atoms with van der Waals surface area (Å²) in [6.07, 6.45) is 3.39. The van der Waals surface area contributed by atoms with E-state index < -0.39 is 0 Å². The molecule has 0 aliphatic heterocycles. The molecule has 0 saturated heterocycles. The van der Waals surface area contributed by atoms with Crippen molar-refractivity contribution >= 4 is 12.4 Å². The second-order valence-corrected chi connectivity index (χ2v) is 4.04. The maximum atomic E-state index is 5.09. The van der Waals surface area contributed by atoms with Crippen molar-refractivity contribution in [2.24, 2.45) is 10.2 Å². The molecule has 0 N–H and O–H groups in total. The number of hydrogen-bond donors (Lipinski definition) is 0. The normalized spacial score (nSPS) is 11.1. The van der Waals surface area contributed by atoms with Crippen LogP contribution in [-0.2, 0) is 0 Å². The Balaban J connectivity index is 1.95. The molecule has 0 spiro atoms. The summed E-state index contributed by atoms with van der Waals surface area (Å²) in [5, 5.41) is 8.01. The van der Waals surface area contributed by atoms with Crippen LogP contribution in [0.25, 0.3) is 0 Å². The summed E-state index contributed by atoms with van der Waals surface area (Å²) in [4.78, 5) is 0. The highest BCUT2D eigenvalue weighted by atomic mass is 16.5. The van der Waals surface area contributed by atoms with Gasteiger partial charge < -0.3 is 9.47 Å². The first kappa shape index (κ1) is 13.8. The van der Waals surface area contributed by atoms with Crippen LogP contribution in [-0.4, -0.2) is 26.6 Å². The third kappa shape index (κ3) is 3.95. The van der Waals surface area contributed by atoms with E-state index in [-0.39, 0.29) is 0 Å². The van der Waals surface area contributed by atoms with E-state index in [0.717, 1.165) is 22.6 Å². The molecule has 0 amide bonds. The molecule has 102 valence electrons. The van der Waals surface area contributed by atoms with Gasteiger partial charge in [-0.2, -0.15) is 10.2 Å². The predicted molar refractivity (Wildman–Crippen MR) is 81.2 cm³/mol. The van der Waals surface area contributed by atoms with Gasteiger partial charge in [0.1, 0.15) is 11.5 Å². The minimum absolute atomic E-state index is 0.823. The van der Waals surface area contributed by atoms with Crippen LogP contribution in [0.15, 0.2) is 58.7 Å². The van der Waals surface area contributed by atoms with Crippen molar-refractivity contribution in [1.29, 1.82) is 0 Å². The zero-order valence-corrected chi connectivity index (χ0v) is 11.5. The van der Waals surface area contributed by atoms with Crippen LogP contribution >= 0.6 is 0 Å². The first-order valence-corrected chi connectivity index (χ1v) is 6.16. The molecule has 2 aromatic carbocycles. The van der Waals surface area contributed by atoms with Gasteiger partial charge in [0.2, 0.25) is 0 Å². The van der Waals surface area contributed by atoms with Crippen LogP contribution < -0.4 is 9.47 Å². The number of hydrogen-bond acceptors (Lipinski definition) is 4. The maximum Gasteiger partial charge on any atom is 0.118 e. The Morgan fingerprint density at radius 2 is 1.00 bits per heavy atom. The summed E-state index contributed by atoms with van der Waals surface area (Å²) in [6, 6.07) is 15.2. The number of methoxy groups -OCH3 is 2. The standard InChI is InChI=1S/C16H16N2O2/c1-19-15-7-3-13(4-8-15)11-17-18-12-14-5-9-16(20-2)10-6-14/h3-12H,1-2H3/b17-11-,18-12-. The Morgan fingerprint density at radius 1 is 0.650 bits per heavy atom. The molecule has 2 aromatic rings. The van der Waals surface area contributed by atoms with Gasteiger partial charge >= 0.3 is 0 Å². The van der Waals surface area contributed by atoms with Crippen molar-refractivity contribution in [2.75, 3.05) is 14.2 Å². The Labute approximate surface area is 118 Å². The molecule has 0 aromatic heterocycles.